The van der Waals surface area contributed by atoms with Crippen LogP contribution in [0.4, 0.5) is 0 Å². The van der Waals surface area contributed by atoms with Gasteiger partial charge in [-0.1, -0.05) is 54.6 Å². The number of carbonyl (C=O) groups is 1. The summed E-state index contributed by atoms with van der Waals surface area (Å²) in [6.07, 6.45) is 1.88. The van der Waals surface area contributed by atoms with Crippen LogP contribution in [-0.4, -0.2) is 28.0 Å². The Labute approximate surface area is 181 Å². The Balaban J connectivity index is 1.67. The van der Waals surface area contributed by atoms with Crippen molar-refractivity contribution >= 4 is 5.78 Å². The summed E-state index contributed by atoms with van der Waals surface area (Å²) in [6.45, 7) is 13.2. The molecule has 4 nitrogen and oxygen atoms in total. The van der Waals surface area contributed by atoms with Gasteiger partial charge in [0.15, 0.2) is 5.78 Å². The number of carbonyl (C=O) groups excluding carboxylic acids is 1. The number of Topliss-reactive ketones (excluding diaryl/α,β-unsaturated/α-hetero) is 1. The van der Waals surface area contributed by atoms with E-state index < -0.39 is 0 Å². The van der Waals surface area contributed by atoms with Crippen LogP contribution >= 0.6 is 0 Å². The predicted octanol–water partition coefficient (Wildman–Crippen LogP) is 6.12. The molecule has 1 atom stereocenters. The Morgan fingerprint density at radius 3 is 2.10 bits per heavy atom. The molecule has 0 aromatic heterocycles. The first-order valence-corrected chi connectivity index (χ1v) is 10.8. The Hall–Kier alpha value is -2.01. The van der Waals surface area contributed by atoms with E-state index in [0.29, 0.717) is 6.61 Å². The number of hydrogen-bond donors (Lipinski definition) is 0. The number of benzene rings is 2. The van der Waals surface area contributed by atoms with Crippen molar-refractivity contribution in [1.82, 2.24) is 5.06 Å². The average molecular weight is 410 g/mol. The third kappa shape index (κ3) is 5.37. The molecule has 0 aliphatic carbocycles. The number of piperidine rings is 1. The van der Waals surface area contributed by atoms with Crippen molar-refractivity contribution in [3.63, 3.8) is 0 Å². The summed E-state index contributed by atoms with van der Waals surface area (Å²) in [6, 6.07) is 18.0. The number of ether oxygens (including phenoxy) is 1. The lowest BCUT2D eigenvalue weighted by Crippen LogP contribution is -2.62. The molecule has 0 bridgehead atoms. The van der Waals surface area contributed by atoms with Gasteiger partial charge >= 0.3 is 0 Å². The second-order valence-electron chi connectivity index (χ2n) is 9.67. The maximum Gasteiger partial charge on any atom is 0.159 e. The van der Waals surface area contributed by atoms with Crippen LogP contribution in [0.5, 0.6) is 0 Å². The number of rotatable bonds is 7. The highest BCUT2D eigenvalue weighted by atomic mass is 16.7. The van der Waals surface area contributed by atoms with Crippen LogP contribution in [0, 0.1) is 0 Å². The summed E-state index contributed by atoms with van der Waals surface area (Å²) in [5, 5.41) is 2.16. The number of ketones is 1. The monoisotopic (exact) mass is 409 g/mol. The topological polar surface area (TPSA) is 38.8 Å². The smallest absolute Gasteiger partial charge is 0.159 e. The molecule has 2 aromatic rings. The minimum Gasteiger partial charge on any atom is -0.373 e. The van der Waals surface area contributed by atoms with Gasteiger partial charge in [-0.25, -0.2) is 0 Å². The van der Waals surface area contributed by atoms with E-state index in [9.17, 15) is 4.79 Å². The molecule has 1 saturated heterocycles. The van der Waals surface area contributed by atoms with Crippen molar-refractivity contribution in [2.24, 2.45) is 0 Å². The van der Waals surface area contributed by atoms with Crippen molar-refractivity contribution in [3.05, 3.63) is 71.3 Å². The normalized spacial score (nSPS) is 20.1. The minimum absolute atomic E-state index is 0.0787. The SMILES string of the molecule is CC(=O)c1ccc(C(C)ON2C(C)(C)CC(OCc3ccccc3)CC2(C)C)cc1. The minimum atomic E-state index is -0.170. The lowest BCUT2D eigenvalue weighted by molar-refractivity contribution is -0.316. The van der Waals surface area contributed by atoms with Gasteiger partial charge in [-0.15, -0.1) is 0 Å². The molecular weight excluding hydrogens is 374 g/mol. The zero-order valence-electron chi connectivity index (χ0n) is 19.1. The average Bonchev–Trinajstić information content (AvgIpc) is 2.69. The molecule has 1 unspecified atom stereocenters. The highest BCUT2D eigenvalue weighted by Gasteiger charge is 2.47. The van der Waals surface area contributed by atoms with Gasteiger partial charge in [0.25, 0.3) is 0 Å². The lowest BCUT2D eigenvalue weighted by Gasteiger charge is -2.54. The summed E-state index contributed by atoms with van der Waals surface area (Å²) in [7, 11) is 0. The standard InChI is InChI=1S/C26H35NO3/c1-19(28)22-12-14-23(15-13-22)20(2)30-27-25(3,4)16-24(17-26(27,5)6)29-18-21-10-8-7-9-11-21/h7-15,20,24H,16-18H2,1-6H3. The quantitative estimate of drug-likeness (QED) is 0.516. The zero-order chi connectivity index (χ0) is 21.9. The van der Waals surface area contributed by atoms with Crippen molar-refractivity contribution < 1.29 is 14.4 Å². The molecule has 30 heavy (non-hydrogen) atoms. The Bertz CT molecular complexity index is 824. The maximum absolute atomic E-state index is 11.5. The van der Waals surface area contributed by atoms with Crippen LogP contribution in [0.3, 0.4) is 0 Å². The van der Waals surface area contributed by atoms with Crippen molar-refractivity contribution in [2.45, 2.75) is 84.3 Å². The molecule has 0 spiro atoms. The summed E-state index contributed by atoms with van der Waals surface area (Å²) in [4.78, 5) is 18.0. The Morgan fingerprint density at radius 1 is 1.00 bits per heavy atom. The molecule has 4 heteroatoms. The fourth-order valence-electron chi connectivity index (χ4n) is 4.57. The van der Waals surface area contributed by atoms with Gasteiger partial charge in [0.2, 0.25) is 0 Å². The van der Waals surface area contributed by atoms with Gasteiger partial charge in [0, 0.05) is 16.6 Å². The van der Waals surface area contributed by atoms with E-state index in [1.165, 1.54) is 5.56 Å². The third-order valence-corrected chi connectivity index (χ3v) is 5.93. The molecule has 0 radical (unpaired) electrons. The molecule has 3 rings (SSSR count). The van der Waals surface area contributed by atoms with E-state index in [4.69, 9.17) is 9.57 Å². The maximum atomic E-state index is 11.5. The van der Waals surface area contributed by atoms with Crippen molar-refractivity contribution in [3.8, 4) is 0 Å². The molecule has 1 fully saturated rings. The van der Waals surface area contributed by atoms with Crippen molar-refractivity contribution in [1.29, 1.82) is 0 Å². The largest absolute Gasteiger partial charge is 0.373 e. The van der Waals surface area contributed by atoms with Crippen LogP contribution in [0.2, 0.25) is 0 Å². The number of hydroxylamine groups is 2. The van der Waals surface area contributed by atoms with E-state index >= 15 is 0 Å². The Morgan fingerprint density at radius 2 is 1.57 bits per heavy atom. The van der Waals surface area contributed by atoms with Gasteiger partial charge in [0.05, 0.1) is 12.7 Å². The Kier molecular flexibility index (Phi) is 6.81. The van der Waals surface area contributed by atoms with Gasteiger partial charge in [0.1, 0.15) is 6.10 Å². The predicted molar refractivity (Wildman–Crippen MR) is 120 cm³/mol. The molecular formula is C26H35NO3. The van der Waals surface area contributed by atoms with Crippen LogP contribution in [0.15, 0.2) is 54.6 Å². The van der Waals surface area contributed by atoms with E-state index in [0.717, 1.165) is 24.0 Å². The van der Waals surface area contributed by atoms with Gasteiger partial charge in [-0.05, 0) is 65.5 Å². The fourth-order valence-corrected chi connectivity index (χ4v) is 4.57. The molecule has 0 amide bonds. The molecule has 0 N–H and O–H groups in total. The second kappa shape index (κ2) is 9.01. The van der Waals surface area contributed by atoms with Gasteiger partial charge < -0.3 is 4.74 Å². The summed E-state index contributed by atoms with van der Waals surface area (Å²) in [5.74, 6) is 0.0787. The highest BCUT2D eigenvalue weighted by molar-refractivity contribution is 5.94. The molecule has 1 aliphatic heterocycles. The van der Waals surface area contributed by atoms with Gasteiger partial charge in [-0.2, -0.15) is 5.06 Å². The molecule has 1 aliphatic rings. The number of hydrogen-bond acceptors (Lipinski definition) is 4. The van der Waals surface area contributed by atoms with Crippen LogP contribution < -0.4 is 0 Å². The molecule has 0 saturated carbocycles. The highest BCUT2D eigenvalue weighted by Crippen LogP contribution is 2.41. The summed E-state index contributed by atoms with van der Waals surface area (Å²) < 4.78 is 6.30. The molecule has 2 aromatic carbocycles. The van der Waals surface area contributed by atoms with Gasteiger partial charge in [-0.3, -0.25) is 9.63 Å². The zero-order valence-corrected chi connectivity index (χ0v) is 19.1. The first-order chi connectivity index (χ1) is 14.1. The van der Waals surface area contributed by atoms with E-state index in [1.54, 1.807) is 6.92 Å². The van der Waals surface area contributed by atoms with Crippen LogP contribution in [-0.2, 0) is 16.2 Å². The summed E-state index contributed by atoms with van der Waals surface area (Å²) in [5.41, 5.74) is 2.65. The fraction of sp³-hybridized carbons (Fsp3) is 0.500. The van der Waals surface area contributed by atoms with E-state index in [-0.39, 0.29) is 29.1 Å². The first kappa shape index (κ1) is 22.7. The van der Waals surface area contributed by atoms with Crippen molar-refractivity contribution in [2.75, 3.05) is 0 Å². The molecule has 162 valence electrons. The first-order valence-electron chi connectivity index (χ1n) is 10.8. The number of nitrogens with zero attached hydrogens (tertiary/aromatic N) is 1. The lowest BCUT2D eigenvalue weighted by atomic mass is 9.80. The third-order valence-electron chi connectivity index (χ3n) is 5.93. The second-order valence-corrected chi connectivity index (χ2v) is 9.67. The van der Waals surface area contributed by atoms with E-state index in [1.807, 2.05) is 42.5 Å². The van der Waals surface area contributed by atoms with E-state index in [2.05, 4.69) is 51.8 Å². The summed E-state index contributed by atoms with van der Waals surface area (Å²) >= 11 is 0. The van der Waals surface area contributed by atoms with Crippen LogP contribution in [0.1, 0.15) is 82.0 Å². The molecule has 1 heterocycles. The van der Waals surface area contributed by atoms with Crippen LogP contribution in [0.25, 0.3) is 0 Å².